The molecule has 0 radical (unpaired) electrons. The molecule has 1 aromatic carbocycles. The second kappa shape index (κ2) is 8.90. The fourth-order valence-electron chi connectivity index (χ4n) is 1.26. The number of carbonyl (C=O) groups is 1. The minimum Gasteiger partial charge on any atom is -0.303 e. The van der Waals surface area contributed by atoms with Crippen molar-refractivity contribution >= 4 is 12.4 Å². The summed E-state index contributed by atoms with van der Waals surface area (Å²) in [5.41, 5.74) is 2.61. The molecule has 0 saturated carbocycles. The molecule has 0 aliphatic heterocycles. The standard InChI is InChI=1S/C12H16.C3H6O/c1-4-11-5-7-12(8-6-11)9-10(2)3;1-2-3-4/h4-8,10H,1,9H2,2-3H3;3H,2H2,1H3. The van der Waals surface area contributed by atoms with Crippen LogP contribution in [-0.2, 0) is 11.2 Å². The monoisotopic (exact) mass is 218 g/mol. The SMILES string of the molecule is C=Cc1ccc(CC(C)C)cc1.CCC=O. The van der Waals surface area contributed by atoms with Crippen LogP contribution in [0.5, 0.6) is 0 Å². The molecule has 1 heteroatoms. The molecule has 0 aliphatic rings. The van der Waals surface area contributed by atoms with E-state index in [4.69, 9.17) is 0 Å². The Morgan fingerprint density at radius 1 is 1.25 bits per heavy atom. The molecule has 1 aromatic rings. The van der Waals surface area contributed by atoms with Gasteiger partial charge in [-0.3, -0.25) is 0 Å². The summed E-state index contributed by atoms with van der Waals surface area (Å²) in [6.45, 7) is 10.0. The van der Waals surface area contributed by atoms with Crippen LogP contribution in [0, 0.1) is 5.92 Å². The van der Waals surface area contributed by atoms with Gasteiger partial charge in [-0.2, -0.15) is 0 Å². The van der Waals surface area contributed by atoms with Crippen LogP contribution in [-0.4, -0.2) is 6.29 Å². The average Bonchev–Trinajstić information content (AvgIpc) is 2.30. The van der Waals surface area contributed by atoms with Crippen LogP contribution in [0.25, 0.3) is 6.08 Å². The van der Waals surface area contributed by atoms with Crippen LogP contribution in [0.2, 0.25) is 0 Å². The third-order valence-electron chi connectivity index (χ3n) is 2.03. The summed E-state index contributed by atoms with van der Waals surface area (Å²) in [5.74, 6) is 0.736. The zero-order valence-corrected chi connectivity index (χ0v) is 10.6. The molecular weight excluding hydrogens is 196 g/mol. The molecule has 0 spiro atoms. The van der Waals surface area contributed by atoms with Gasteiger partial charge in [-0.25, -0.2) is 0 Å². The smallest absolute Gasteiger partial charge is 0.119 e. The maximum atomic E-state index is 9.17. The molecule has 0 unspecified atom stereocenters. The van der Waals surface area contributed by atoms with Crippen molar-refractivity contribution in [1.29, 1.82) is 0 Å². The first kappa shape index (κ1) is 14.6. The first-order valence-electron chi connectivity index (χ1n) is 5.79. The van der Waals surface area contributed by atoms with E-state index in [2.05, 4.69) is 44.7 Å². The molecule has 0 aromatic heterocycles. The molecular formula is C15H22O. The summed E-state index contributed by atoms with van der Waals surface area (Å²) >= 11 is 0. The van der Waals surface area contributed by atoms with Crippen LogP contribution in [0.3, 0.4) is 0 Å². The molecule has 1 rings (SSSR count). The van der Waals surface area contributed by atoms with E-state index in [0.717, 1.165) is 18.6 Å². The third-order valence-corrected chi connectivity index (χ3v) is 2.03. The zero-order valence-electron chi connectivity index (χ0n) is 10.6. The lowest BCUT2D eigenvalue weighted by molar-refractivity contribution is -0.107. The van der Waals surface area contributed by atoms with Gasteiger partial charge >= 0.3 is 0 Å². The molecule has 1 nitrogen and oxygen atoms in total. The number of hydrogen-bond donors (Lipinski definition) is 0. The van der Waals surface area contributed by atoms with Crippen molar-refractivity contribution in [2.45, 2.75) is 33.6 Å². The van der Waals surface area contributed by atoms with Gasteiger partial charge in [0.1, 0.15) is 6.29 Å². The van der Waals surface area contributed by atoms with Crippen molar-refractivity contribution in [1.82, 2.24) is 0 Å². The van der Waals surface area contributed by atoms with Crippen LogP contribution in [0.15, 0.2) is 30.8 Å². The Balaban J connectivity index is 0.000000487. The highest BCUT2D eigenvalue weighted by Gasteiger charge is 1.96. The lowest BCUT2D eigenvalue weighted by Gasteiger charge is -2.04. The van der Waals surface area contributed by atoms with Gasteiger partial charge in [-0.1, -0.05) is 57.7 Å². The molecule has 0 heterocycles. The van der Waals surface area contributed by atoms with Gasteiger partial charge in [0, 0.05) is 6.42 Å². The Kier molecular flexibility index (Phi) is 8.14. The molecule has 0 fully saturated rings. The van der Waals surface area contributed by atoms with E-state index in [1.54, 1.807) is 0 Å². The predicted molar refractivity (Wildman–Crippen MR) is 71.4 cm³/mol. The Hall–Kier alpha value is -1.37. The molecule has 0 aliphatic carbocycles. The molecule has 16 heavy (non-hydrogen) atoms. The largest absolute Gasteiger partial charge is 0.303 e. The summed E-state index contributed by atoms with van der Waals surface area (Å²) < 4.78 is 0. The maximum absolute atomic E-state index is 9.17. The topological polar surface area (TPSA) is 17.1 Å². The van der Waals surface area contributed by atoms with Crippen molar-refractivity contribution in [2.24, 2.45) is 5.92 Å². The second-order valence-corrected chi connectivity index (χ2v) is 4.12. The molecule has 0 saturated heterocycles. The number of rotatable bonds is 4. The summed E-state index contributed by atoms with van der Waals surface area (Å²) in [5, 5.41) is 0. The van der Waals surface area contributed by atoms with E-state index in [0.29, 0.717) is 6.42 Å². The van der Waals surface area contributed by atoms with Crippen molar-refractivity contribution < 1.29 is 4.79 Å². The molecule has 0 N–H and O–H groups in total. The highest BCUT2D eigenvalue weighted by Crippen LogP contribution is 2.09. The Morgan fingerprint density at radius 2 is 1.75 bits per heavy atom. The summed E-state index contributed by atoms with van der Waals surface area (Å²) in [4.78, 5) is 9.17. The lowest BCUT2D eigenvalue weighted by atomic mass is 10.0. The molecule has 0 amide bonds. The lowest BCUT2D eigenvalue weighted by Crippen LogP contribution is -1.93. The molecule has 0 bridgehead atoms. The average molecular weight is 218 g/mol. The minimum atomic E-state index is 0.639. The first-order chi connectivity index (χ1) is 7.63. The molecule has 0 atom stereocenters. The summed E-state index contributed by atoms with van der Waals surface area (Å²) in [7, 11) is 0. The van der Waals surface area contributed by atoms with E-state index in [-0.39, 0.29) is 0 Å². The fraction of sp³-hybridized carbons (Fsp3) is 0.400. The normalized spacial score (nSPS) is 9.25. The van der Waals surface area contributed by atoms with Gasteiger partial charge in [0.25, 0.3) is 0 Å². The number of benzene rings is 1. The fourth-order valence-corrected chi connectivity index (χ4v) is 1.26. The van der Waals surface area contributed by atoms with E-state index < -0.39 is 0 Å². The van der Waals surface area contributed by atoms with Crippen molar-refractivity contribution in [2.75, 3.05) is 0 Å². The van der Waals surface area contributed by atoms with Gasteiger partial charge in [0.15, 0.2) is 0 Å². The van der Waals surface area contributed by atoms with Gasteiger partial charge in [-0.15, -0.1) is 0 Å². The zero-order chi connectivity index (χ0) is 12.4. The quantitative estimate of drug-likeness (QED) is 0.695. The van der Waals surface area contributed by atoms with Gasteiger partial charge in [0.05, 0.1) is 0 Å². The Morgan fingerprint density at radius 3 is 2.06 bits per heavy atom. The first-order valence-corrected chi connectivity index (χ1v) is 5.79. The van der Waals surface area contributed by atoms with Crippen LogP contribution in [0.1, 0.15) is 38.3 Å². The van der Waals surface area contributed by atoms with Crippen molar-refractivity contribution in [3.8, 4) is 0 Å². The molecule has 88 valence electrons. The second-order valence-electron chi connectivity index (χ2n) is 4.12. The van der Waals surface area contributed by atoms with Crippen LogP contribution >= 0.6 is 0 Å². The van der Waals surface area contributed by atoms with Gasteiger partial charge in [0.2, 0.25) is 0 Å². The number of aldehydes is 1. The van der Waals surface area contributed by atoms with Crippen LogP contribution < -0.4 is 0 Å². The van der Waals surface area contributed by atoms with Crippen molar-refractivity contribution in [3.63, 3.8) is 0 Å². The minimum absolute atomic E-state index is 0.639. The van der Waals surface area contributed by atoms with E-state index in [1.165, 1.54) is 11.1 Å². The predicted octanol–water partition coefficient (Wildman–Crippen LogP) is 4.12. The van der Waals surface area contributed by atoms with E-state index in [9.17, 15) is 4.79 Å². The van der Waals surface area contributed by atoms with E-state index in [1.807, 2.05) is 13.0 Å². The van der Waals surface area contributed by atoms with Crippen molar-refractivity contribution in [3.05, 3.63) is 42.0 Å². The maximum Gasteiger partial charge on any atom is 0.119 e. The highest BCUT2D eigenvalue weighted by atomic mass is 16.1. The van der Waals surface area contributed by atoms with E-state index >= 15 is 0 Å². The summed E-state index contributed by atoms with van der Waals surface area (Å²) in [6.07, 6.45) is 4.55. The summed E-state index contributed by atoms with van der Waals surface area (Å²) in [6, 6.07) is 8.59. The Labute approximate surface area is 99.2 Å². The highest BCUT2D eigenvalue weighted by molar-refractivity contribution is 5.48. The van der Waals surface area contributed by atoms with Crippen LogP contribution in [0.4, 0.5) is 0 Å². The third kappa shape index (κ3) is 6.99. The number of carbonyl (C=O) groups excluding carboxylic acids is 1. The van der Waals surface area contributed by atoms with Gasteiger partial charge < -0.3 is 4.79 Å². The number of hydrogen-bond acceptors (Lipinski definition) is 1. The Bertz CT molecular complexity index is 296. The van der Waals surface area contributed by atoms with Gasteiger partial charge in [-0.05, 0) is 23.5 Å².